The summed E-state index contributed by atoms with van der Waals surface area (Å²) >= 11 is 0. The van der Waals surface area contributed by atoms with E-state index in [9.17, 15) is 13.6 Å². The van der Waals surface area contributed by atoms with Crippen molar-refractivity contribution < 1.29 is 18.3 Å². The van der Waals surface area contributed by atoms with Crippen molar-refractivity contribution in [1.29, 1.82) is 0 Å². The summed E-state index contributed by atoms with van der Waals surface area (Å²) in [7, 11) is 0. The Hall–Kier alpha value is -2.63. The summed E-state index contributed by atoms with van der Waals surface area (Å²) in [6.07, 6.45) is 1.16. The first-order valence-corrected chi connectivity index (χ1v) is 13.1. The number of hydrogen-bond acceptors (Lipinski definition) is 3. The summed E-state index contributed by atoms with van der Waals surface area (Å²) in [6, 6.07) is 10.6. The molecule has 6 rings (SSSR count). The summed E-state index contributed by atoms with van der Waals surface area (Å²) in [4.78, 5) is 14.8. The summed E-state index contributed by atoms with van der Waals surface area (Å²) in [6.45, 7) is 12.1. The fraction of sp³-hybridized carbons (Fsp3) is 0.567. The van der Waals surface area contributed by atoms with Crippen molar-refractivity contribution in [1.82, 2.24) is 0 Å². The number of ether oxygens (including phenoxy) is 1. The standard InChI is InChI=1S/C30H38F2N2O2/c1-18-11-22(12-19(2)24(18)25(26(33)35)28(3,4)5)34-10-6-7-20-13-23(9-8-21(20)14-34)36-30-15-29(16-30,17-30)27(31)32/h8-9,11-13,25,27H,6-7,10,14-17H2,1-5H3,(H2,33,35). The van der Waals surface area contributed by atoms with E-state index in [4.69, 9.17) is 10.5 Å². The number of alkyl halides is 2. The maximum Gasteiger partial charge on any atom is 0.244 e. The Bertz CT molecular complexity index is 1160. The molecule has 2 aromatic carbocycles. The molecule has 0 spiro atoms. The molecule has 1 heterocycles. The van der Waals surface area contributed by atoms with Crippen molar-refractivity contribution >= 4 is 11.6 Å². The van der Waals surface area contributed by atoms with Crippen molar-refractivity contribution in [3.8, 4) is 5.75 Å². The zero-order chi connectivity index (χ0) is 26.0. The summed E-state index contributed by atoms with van der Waals surface area (Å²) in [5.41, 5.74) is 11.4. The van der Waals surface area contributed by atoms with Crippen LogP contribution in [0, 0.1) is 24.7 Å². The van der Waals surface area contributed by atoms with Gasteiger partial charge in [-0.15, -0.1) is 0 Å². The number of aryl methyl sites for hydroxylation is 3. The molecule has 1 atom stereocenters. The molecule has 0 saturated heterocycles. The molecule has 6 heteroatoms. The second-order valence-corrected chi connectivity index (χ2v) is 12.6. The smallest absolute Gasteiger partial charge is 0.244 e. The molecule has 1 aliphatic heterocycles. The number of carbonyl (C=O) groups is 1. The number of amides is 1. The van der Waals surface area contributed by atoms with Gasteiger partial charge in [-0.25, -0.2) is 8.78 Å². The SMILES string of the molecule is Cc1cc(N2CCCc3cc(OC45CC(C(F)F)(C4)C5)ccc3C2)cc(C)c1C(C(N)=O)C(C)(C)C. The van der Waals surface area contributed by atoms with Crippen LogP contribution in [0.5, 0.6) is 5.75 Å². The van der Waals surface area contributed by atoms with Gasteiger partial charge in [0, 0.05) is 24.2 Å². The Morgan fingerprint density at radius 2 is 1.69 bits per heavy atom. The van der Waals surface area contributed by atoms with Gasteiger partial charge in [0.1, 0.15) is 11.4 Å². The Morgan fingerprint density at radius 1 is 1.06 bits per heavy atom. The van der Waals surface area contributed by atoms with Gasteiger partial charge in [0.15, 0.2) is 0 Å². The average Bonchev–Trinajstić information content (AvgIpc) is 2.92. The van der Waals surface area contributed by atoms with Crippen LogP contribution in [0.25, 0.3) is 0 Å². The molecule has 0 aromatic heterocycles. The maximum atomic E-state index is 13.2. The van der Waals surface area contributed by atoms with E-state index in [-0.39, 0.29) is 22.8 Å². The van der Waals surface area contributed by atoms with Gasteiger partial charge in [-0.05, 0) is 103 Å². The first-order chi connectivity index (χ1) is 16.8. The van der Waals surface area contributed by atoms with E-state index in [0.29, 0.717) is 19.3 Å². The number of benzene rings is 2. The number of nitrogens with zero attached hydrogens (tertiary/aromatic N) is 1. The minimum absolute atomic E-state index is 0.260. The average molecular weight is 497 g/mol. The maximum absolute atomic E-state index is 13.2. The van der Waals surface area contributed by atoms with E-state index in [1.807, 2.05) is 6.07 Å². The van der Waals surface area contributed by atoms with E-state index in [1.165, 1.54) is 11.1 Å². The third-order valence-corrected chi connectivity index (χ3v) is 8.62. The molecule has 1 amide bonds. The van der Waals surface area contributed by atoms with Crippen LogP contribution in [0.15, 0.2) is 30.3 Å². The van der Waals surface area contributed by atoms with Gasteiger partial charge < -0.3 is 15.4 Å². The minimum Gasteiger partial charge on any atom is -0.487 e. The molecule has 4 aliphatic rings. The highest BCUT2D eigenvalue weighted by Gasteiger charge is 2.74. The molecule has 4 nitrogen and oxygen atoms in total. The van der Waals surface area contributed by atoms with E-state index in [2.05, 4.69) is 63.8 Å². The molecular formula is C30H38F2N2O2. The molecule has 1 unspecified atom stereocenters. The molecule has 36 heavy (non-hydrogen) atoms. The molecule has 3 aliphatic carbocycles. The van der Waals surface area contributed by atoms with Gasteiger partial charge in [-0.2, -0.15) is 0 Å². The van der Waals surface area contributed by atoms with E-state index in [1.54, 1.807) is 0 Å². The summed E-state index contributed by atoms with van der Waals surface area (Å²) in [5, 5.41) is 0. The zero-order valence-corrected chi connectivity index (χ0v) is 22.1. The highest BCUT2D eigenvalue weighted by molar-refractivity contribution is 5.84. The molecule has 0 radical (unpaired) electrons. The van der Waals surface area contributed by atoms with Gasteiger partial charge in [0.25, 0.3) is 0 Å². The molecular weight excluding hydrogens is 458 g/mol. The van der Waals surface area contributed by atoms with Crippen LogP contribution in [-0.4, -0.2) is 24.5 Å². The monoisotopic (exact) mass is 496 g/mol. The molecule has 2 N–H and O–H groups in total. The highest BCUT2D eigenvalue weighted by Crippen LogP contribution is 2.71. The number of hydrogen-bond donors (Lipinski definition) is 1. The number of rotatable bonds is 6. The quantitative estimate of drug-likeness (QED) is 0.501. The van der Waals surface area contributed by atoms with Gasteiger partial charge in [-0.1, -0.05) is 26.8 Å². The lowest BCUT2D eigenvalue weighted by atomic mass is 9.41. The second kappa shape index (κ2) is 8.46. The number of fused-ring (bicyclic) bond motifs is 1. The lowest BCUT2D eigenvalue weighted by Crippen LogP contribution is -2.72. The Morgan fingerprint density at radius 3 is 2.25 bits per heavy atom. The minimum atomic E-state index is -2.24. The van der Waals surface area contributed by atoms with Crippen LogP contribution in [0.2, 0.25) is 0 Å². The third kappa shape index (κ3) is 4.16. The molecule has 2 bridgehead atoms. The molecule has 3 fully saturated rings. The van der Waals surface area contributed by atoms with Crippen LogP contribution in [0.3, 0.4) is 0 Å². The van der Waals surface area contributed by atoms with Crippen molar-refractivity contribution in [3.05, 3.63) is 58.1 Å². The Kier molecular flexibility index (Phi) is 5.88. The second-order valence-electron chi connectivity index (χ2n) is 12.6. The Balaban J connectivity index is 1.34. The fourth-order valence-corrected chi connectivity index (χ4v) is 6.97. The lowest BCUT2D eigenvalue weighted by Gasteiger charge is -2.68. The van der Waals surface area contributed by atoms with Gasteiger partial charge in [0.2, 0.25) is 12.3 Å². The topological polar surface area (TPSA) is 55.6 Å². The fourth-order valence-electron chi connectivity index (χ4n) is 6.97. The van der Waals surface area contributed by atoms with Crippen LogP contribution >= 0.6 is 0 Å². The predicted molar refractivity (Wildman–Crippen MR) is 139 cm³/mol. The number of anilines is 1. The third-order valence-electron chi connectivity index (χ3n) is 8.62. The van der Waals surface area contributed by atoms with Crippen molar-refractivity contribution in [3.63, 3.8) is 0 Å². The van der Waals surface area contributed by atoms with Crippen molar-refractivity contribution in [2.75, 3.05) is 11.4 Å². The lowest BCUT2D eigenvalue weighted by molar-refractivity contribution is -0.291. The summed E-state index contributed by atoms with van der Waals surface area (Å²) in [5.74, 6) is 0.179. The molecule has 3 saturated carbocycles. The van der Waals surface area contributed by atoms with Gasteiger partial charge in [0.05, 0.1) is 5.92 Å². The van der Waals surface area contributed by atoms with E-state index >= 15 is 0 Å². The molecule has 194 valence electrons. The largest absolute Gasteiger partial charge is 0.487 e. The number of halogens is 2. The molecule has 2 aromatic rings. The van der Waals surface area contributed by atoms with E-state index in [0.717, 1.165) is 54.1 Å². The first kappa shape index (κ1) is 25.0. The van der Waals surface area contributed by atoms with Gasteiger partial charge in [-0.3, -0.25) is 4.79 Å². The number of primary amides is 1. The highest BCUT2D eigenvalue weighted by atomic mass is 19.3. The van der Waals surface area contributed by atoms with Crippen LogP contribution in [-0.2, 0) is 17.8 Å². The normalized spacial score (nSPS) is 25.9. The van der Waals surface area contributed by atoms with Crippen LogP contribution < -0.4 is 15.4 Å². The first-order valence-electron chi connectivity index (χ1n) is 13.1. The Labute approximate surface area is 213 Å². The van der Waals surface area contributed by atoms with Gasteiger partial charge >= 0.3 is 0 Å². The number of carbonyl (C=O) groups excluding carboxylic acids is 1. The van der Waals surface area contributed by atoms with E-state index < -0.39 is 11.8 Å². The van der Waals surface area contributed by atoms with Crippen molar-refractivity contribution in [2.24, 2.45) is 16.6 Å². The zero-order valence-electron chi connectivity index (χ0n) is 22.1. The predicted octanol–water partition coefficient (Wildman–Crippen LogP) is 6.44. The van der Waals surface area contributed by atoms with Crippen LogP contribution in [0.4, 0.5) is 14.5 Å². The summed E-state index contributed by atoms with van der Waals surface area (Å²) < 4.78 is 32.6. The van der Waals surface area contributed by atoms with Crippen molar-refractivity contribution in [2.45, 2.75) is 91.2 Å². The van der Waals surface area contributed by atoms with Crippen LogP contribution in [0.1, 0.15) is 80.2 Å². The number of nitrogens with two attached hydrogens (primary N) is 1.